The highest BCUT2D eigenvalue weighted by Gasteiger charge is 2.19. The van der Waals surface area contributed by atoms with Crippen molar-refractivity contribution in [3.63, 3.8) is 0 Å². The van der Waals surface area contributed by atoms with E-state index in [1.165, 1.54) is 82.3 Å². The van der Waals surface area contributed by atoms with Crippen molar-refractivity contribution >= 4 is 60.4 Å². The molecule has 0 fully saturated rings. The zero-order valence-electron chi connectivity index (χ0n) is 35.1. The van der Waals surface area contributed by atoms with Crippen LogP contribution in [0.1, 0.15) is 0 Å². The molecule has 0 amide bonds. The summed E-state index contributed by atoms with van der Waals surface area (Å²) in [5.74, 6) is 0. The number of rotatable bonds is 8. The minimum absolute atomic E-state index is 1.09. The van der Waals surface area contributed by atoms with E-state index in [4.69, 9.17) is 0 Å². The first-order valence-electron chi connectivity index (χ1n) is 22.0. The first-order chi connectivity index (χ1) is 31.8. The Hall–Kier alpha value is -8.46. The maximum absolute atomic E-state index is 2.41. The molecule has 0 N–H and O–H groups in total. The summed E-state index contributed by atoms with van der Waals surface area (Å²) < 4.78 is 2.39. The fourth-order valence-electron chi connectivity index (χ4n) is 9.83. The number of nitrogens with zero attached hydrogens (tertiary/aromatic N) is 2. The van der Waals surface area contributed by atoms with Gasteiger partial charge in [0, 0.05) is 33.2 Å². The van der Waals surface area contributed by atoms with Crippen molar-refractivity contribution in [2.75, 3.05) is 4.90 Å². The van der Waals surface area contributed by atoms with Crippen LogP contribution in [0.3, 0.4) is 0 Å². The highest BCUT2D eigenvalue weighted by atomic mass is 15.1. The summed E-state index contributed by atoms with van der Waals surface area (Å²) in [7, 11) is 0. The Morgan fingerprint density at radius 2 is 0.750 bits per heavy atom. The SMILES string of the molecule is c1ccc(-c2ccc(N(c3ccc(-c4cccc(-n5c6ccccc6c6ccccc65)c4)cc3)c3ccc(-c4cccc5cccc(-c6ccccc6)c45)cc3)c3ccccc23)cc1. The summed E-state index contributed by atoms with van der Waals surface area (Å²) in [6.45, 7) is 0. The van der Waals surface area contributed by atoms with Gasteiger partial charge in [-0.1, -0.05) is 200 Å². The Kier molecular flexibility index (Phi) is 9.20. The maximum Gasteiger partial charge on any atom is 0.0541 e. The van der Waals surface area contributed by atoms with E-state index in [-0.39, 0.29) is 0 Å². The summed E-state index contributed by atoms with van der Waals surface area (Å²) >= 11 is 0. The lowest BCUT2D eigenvalue weighted by Crippen LogP contribution is -2.10. The van der Waals surface area contributed by atoms with E-state index < -0.39 is 0 Å². The van der Waals surface area contributed by atoms with Crippen molar-refractivity contribution in [2.45, 2.75) is 0 Å². The zero-order chi connectivity index (χ0) is 42.4. The topological polar surface area (TPSA) is 8.17 Å². The van der Waals surface area contributed by atoms with Crippen LogP contribution in [0.15, 0.2) is 255 Å². The zero-order valence-corrected chi connectivity index (χ0v) is 35.1. The lowest BCUT2D eigenvalue weighted by atomic mass is 9.91. The fourth-order valence-corrected chi connectivity index (χ4v) is 9.83. The lowest BCUT2D eigenvalue weighted by molar-refractivity contribution is 1.18. The molecular formula is C62H42N2. The van der Waals surface area contributed by atoms with Crippen molar-refractivity contribution in [3.8, 4) is 50.2 Å². The molecule has 0 spiro atoms. The van der Waals surface area contributed by atoms with E-state index in [2.05, 4.69) is 264 Å². The van der Waals surface area contributed by atoms with E-state index in [9.17, 15) is 0 Å². The van der Waals surface area contributed by atoms with Crippen LogP contribution in [0, 0.1) is 0 Å². The van der Waals surface area contributed by atoms with Gasteiger partial charge in [-0.15, -0.1) is 0 Å². The molecule has 300 valence electrons. The average Bonchev–Trinajstić information content (AvgIpc) is 3.71. The summed E-state index contributed by atoms with van der Waals surface area (Å²) in [5.41, 5.74) is 16.5. The number of aromatic nitrogens is 1. The van der Waals surface area contributed by atoms with Gasteiger partial charge >= 0.3 is 0 Å². The second kappa shape index (κ2) is 15.8. The Morgan fingerprint density at radius 1 is 0.281 bits per heavy atom. The monoisotopic (exact) mass is 814 g/mol. The van der Waals surface area contributed by atoms with Crippen molar-refractivity contribution in [2.24, 2.45) is 0 Å². The van der Waals surface area contributed by atoms with Gasteiger partial charge in [-0.25, -0.2) is 0 Å². The molecule has 0 bridgehead atoms. The molecular weight excluding hydrogens is 773 g/mol. The van der Waals surface area contributed by atoms with Crippen LogP contribution >= 0.6 is 0 Å². The van der Waals surface area contributed by atoms with E-state index in [0.29, 0.717) is 0 Å². The number of fused-ring (bicyclic) bond motifs is 5. The third kappa shape index (κ3) is 6.44. The predicted octanol–water partition coefficient (Wildman–Crippen LogP) is 17.2. The van der Waals surface area contributed by atoms with Crippen LogP contribution in [0.2, 0.25) is 0 Å². The van der Waals surface area contributed by atoms with Crippen LogP contribution in [0.5, 0.6) is 0 Å². The highest BCUT2D eigenvalue weighted by molar-refractivity contribution is 6.10. The first kappa shape index (κ1) is 37.3. The molecule has 0 aliphatic heterocycles. The third-order valence-corrected chi connectivity index (χ3v) is 12.8. The Labute approximate surface area is 373 Å². The van der Waals surface area contributed by atoms with E-state index in [1.54, 1.807) is 0 Å². The van der Waals surface area contributed by atoms with Gasteiger partial charge in [-0.2, -0.15) is 0 Å². The molecule has 12 aromatic rings. The normalized spacial score (nSPS) is 11.4. The molecule has 0 saturated heterocycles. The minimum atomic E-state index is 1.09. The number of benzene rings is 11. The fraction of sp³-hybridized carbons (Fsp3) is 0. The van der Waals surface area contributed by atoms with Crippen molar-refractivity contribution < 1.29 is 0 Å². The largest absolute Gasteiger partial charge is 0.310 e. The molecule has 64 heavy (non-hydrogen) atoms. The highest BCUT2D eigenvalue weighted by Crippen LogP contribution is 2.44. The van der Waals surface area contributed by atoms with Gasteiger partial charge in [0.25, 0.3) is 0 Å². The van der Waals surface area contributed by atoms with Gasteiger partial charge < -0.3 is 9.47 Å². The van der Waals surface area contributed by atoms with Crippen LogP contribution in [0.4, 0.5) is 17.1 Å². The van der Waals surface area contributed by atoms with Crippen LogP contribution in [0.25, 0.3) is 93.5 Å². The predicted molar refractivity (Wildman–Crippen MR) is 272 cm³/mol. The minimum Gasteiger partial charge on any atom is -0.310 e. The van der Waals surface area contributed by atoms with Gasteiger partial charge in [0.15, 0.2) is 0 Å². The molecule has 0 aliphatic rings. The van der Waals surface area contributed by atoms with E-state index in [1.807, 2.05) is 0 Å². The molecule has 2 heteroatoms. The number of hydrogen-bond donors (Lipinski definition) is 0. The third-order valence-electron chi connectivity index (χ3n) is 12.8. The summed E-state index contributed by atoms with van der Waals surface area (Å²) in [5, 5.41) is 7.43. The van der Waals surface area contributed by atoms with Crippen LogP contribution in [-0.4, -0.2) is 4.57 Å². The number of hydrogen-bond acceptors (Lipinski definition) is 1. The lowest BCUT2D eigenvalue weighted by Gasteiger charge is -2.28. The van der Waals surface area contributed by atoms with Gasteiger partial charge in [0.05, 0.1) is 16.7 Å². The standard InChI is InChI=1S/C62H42N2/c1-3-16-44(17-4-1)52-40-41-61(56-25-8-7-24-55(52)56)63(50-38-34-46(35-39-50)54-29-15-21-47-20-14-28-53(62(47)54)45-18-5-2-6-19-45)49-36-32-43(33-37-49)48-22-13-23-51(42-48)64-59-30-11-9-26-57(59)58-27-10-12-31-60(58)64/h1-42H. The number of para-hydroxylation sites is 2. The number of anilines is 3. The molecule has 0 atom stereocenters. The Balaban J connectivity index is 0.979. The first-order valence-corrected chi connectivity index (χ1v) is 22.0. The Morgan fingerprint density at radius 3 is 1.36 bits per heavy atom. The molecule has 0 radical (unpaired) electrons. The summed E-state index contributed by atoms with van der Waals surface area (Å²) in [4.78, 5) is 2.41. The molecule has 11 aromatic carbocycles. The quantitative estimate of drug-likeness (QED) is 0.148. The average molecular weight is 815 g/mol. The second-order valence-electron chi connectivity index (χ2n) is 16.5. The van der Waals surface area contributed by atoms with Crippen LogP contribution < -0.4 is 4.90 Å². The molecule has 1 heterocycles. The van der Waals surface area contributed by atoms with Crippen molar-refractivity contribution in [1.29, 1.82) is 0 Å². The molecule has 0 unspecified atom stereocenters. The van der Waals surface area contributed by atoms with Gasteiger partial charge in [0.1, 0.15) is 0 Å². The summed E-state index contributed by atoms with van der Waals surface area (Å²) in [6, 6.07) is 92.6. The molecule has 12 rings (SSSR count). The van der Waals surface area contributed by atoms with Gasteiger partial charge in [-0.05, 0) is 115 Å². The molecule has 1 aromatic heterocycles. The summed E-state index contributed by atoms with van der Waals surface area (Å²) in [6.07, 6.45) is 0. The van der Waals surface area contributed by atoms with Gasteiger partial charge in [-0.3, -0.25) is 0 Å². The Bertz CT molecular complexity index is 3580. The van der Waals surface area contributed by atoms with Gasteiger partial charge in [0.2, 0.25) is 0 Å². The van der Waals surface area contributed by atoms with Crippen molar-refractivity contribution in [3.05, 3.63) is 255 Å². The molecule has 0 saturated carbocycles. The molecule has 0 aliphatic carbocycles. The van der Waals surface area contributed by atoms with Crippen molar-refractivity contribution in [1.82, 2.24) is 4.57 Å². The van der Waals surface area contributed by atoms with E-state index >= 15 is 0 Å². The van der Waals surface area contributed by atoms with E-state index in [0.717, 1.165) is 28.3 Å². The van der Waals surface area contributed by atoms with Crippen LogP contribution in [-0.2, 0) is 0 Å². The second-order valence-corrected chi connectivity index (χ2v) is 16.5. The smallest absolute Gasteiger partial charge is 0.0541 e. The maximum atomic E-state index is 2.41. The molecule has 2 nitrogen and oxygen atoms in total.